The minimum atomic E-state index is -1.05. The van der Waals surface area contributed by atoms with E-state index in [2.05, 4.69) is 5.32 Å². The lowest BCUT2D eigenvalue weighted by atomic mass is 9.95. The number of amides is 1. The maximum atomic E-state index is 12.4. The number of nitriles is 1. The van der Waals surface area contributed by atoms with Crippen LogP contribution in [-0.4, -0.2) is 6.09 Å². The summed E-state index contributed by atoms with van der Waals surface area (Å²) in [4.78, 5) is 12.4. The smallest absolute Gasteiger partial charge is 0.409 e. The molecule has 0 saturated heterocycles. The third-order valence-electron chi connectivity index (χ3n) is 4.39. The number of benzene rings is 3. The average molecular weight is 386 g/mol. The highest BCUT2D eigenvalue weighted by molar-refractivity contribution is 5.69. The van der Waals surface area contributed by atoms with Gasteiger partial charge in [-0.1, -0.05) is 60.7 Å². The zero-order valence-corrected chi connectivity index (χ0v) is 16.3. The molecule has 0 heterocycles. The van der Waals surface area contributed by atoms with Gasteiger partial charge < -0.3 is 14.8 Å². The van der Waals surface area contributed by atoms with Gasteiger partial charge in [-0.3, -0.25) is 0 Å². The maximum Gasteiger partial charge on any atom is 0.409 e. The Morgan fingerprint density at radius 1 is 0.931 bits per heavy atom. The number of para-hydroxylation sites is 1. The molecule has 0 bridgehead atoms. The molecule has 0 saturated carbocycles. The predicted molar refractivity (Wildman–Crippen MR) is 110 cm³/mol. The second-order valence-corrected chi connectivity index (χ2v) is 7.02. The summed E-state index contributed by atoms with van der Waals surface area (Å²) in [6, 6.07) is 27.9. The highest BCUT2D eigenvalue weighted by Gasteiger charge is 2.25. The molecule has 1 atom stereocenters. The third kappa shape index (κ3) is 5.36. The van der Waals surface area contributed by atoms with Gasteiger partial charge in [0, 0.05) is 5.56 Å². The van der Waals surface area contributed by atoms with Gasteiger partial charge in [0.25, 0.3) is 0 Å². The quantitative estimate of drug-likeness (QED) is 0.589. The molecular formula is C24H22N2O3. The lowest BCUT2D eigenvalue weighted by molar-refractivity contribution is 0.113. The summed E-state index contributed by atoms with van der Waals surface area (Å²) in [6.07, 6.45) is -1.72. The number of ether oxygens (including phenoxy) is 2. The van der Waals surface area contributed by atoms with Crippen molar-refractivity contribution in [3.8, 4) is 17.6 Å². The van der Waals surface area contributed by atoms with E-state index >= 15 is 0 Å². The Bertz CT molecular complexity index is 995. The fraction of sp³-hybridized carbons (Fsp3) is 0.167. The van der Waals surface area contributed by atoms with Gasteiger partial charge in [0.15, 0.2) is 0 Å². The Hall–Kier alpha value is -3.78. The van der Waals surface area contributed by atoms with Crippen LogP contribution in [0.25, 0.3) is 0 Å². The second-order valence-electron chi connectivity index (χ2n) is 7.02. The molecule has 3 aromatic rings. The Kier molecular flexibility index (Phi) is 6.16. The van der Waals surface area contributed by atoms with Gasteiger partial charge in [-0.2, -0.15) is 5.26 Å². The first-order chi connectivity index (χ1) is 14.0. The van der Waals surface area contributed by atoms with Crippen LogP contribution in [0.3, 0.4) is 0 Å². The summed E-state index contributed by atoms with van der Waals surface area (Å²) in [5.41, 5.74) is 0.827. The van der Waals surface area contributed by atoms with Crippen molar-refractivity contribution < 1.29 is 14.3 Å². The molecule has 0 aliphatic carbocycles. The summed E-state index contributed by atoms with van der Waals surface area (Å²) >= 11 is 0. The van der Waals surface area contributed by atoms with Crippen molar-refractivity contribution >= 4 is 6.09 Å². The molecule has 0 spiro atoms. The lowest BCUT2D eigenvalue weighted by Gasteiger charge is -2.27. The largest absolute Gasteiger partial charge is 0.457 e. The van der Waals surface area contributed by atoms with Crippen molar-refractivity contribution in [1.82, 2.24) is 5.32 Å². The van der Waals surface area contributed by atoms with E-state index in [9.17, 15) is 10.1 Å². The van der Waals surface area contributed by atoms with Crippen molar-refractivity contribution in [3.63, 3.8) is 0 Å². The third-order valence-corrected chi connectivity index (χ3v) is 4.39. The zero-order valence-electron chi connectivity index (χ0n) is 16.3. The van der Waals surface area contributed by atoms with Crippen molar-refractivity contribution in [3.05, 3.63) is 96.1 Å². The van der Waals surface area contributed by atoms with Crippen LogP contribution < -0.4 is 10.1 Å². The van der Waals surface area contributed by atoms with Gasteiger partial charge in [-0.15, -0.1) is 0 Å². The van der Waals surface area contributed by atoms with E-state index in [0.29, 0.717) is 17.1 Å². The van der Waals surface area contributed by atoms with Crippen LogP contribution in [-0.2, 0) is 10.3 Å². The molecule has 0 aliphatic heterocycles. The fourth-order valence-corrected chi connectivity index (χ4v) is 2.85. The molecule has 0 aromatic heterocycles. The molecule has 3 rings (SSSR count). The first-order valence-electron chi connectivity index (χ1n) is 9.25. The molecule has 3 aromatic carbocycles. The SMILES string of the molecule is CC(C)(NC(=O)OC(C#N)c1cccc(Oc2ccccc2)c1)c1ccccc1. The zero-order chi connectivity index (χ0) is 20.7. The van der Waals surface area contributed by atoms with Crippen LogP contribution in [0, 0.1) is 11.3 Å². The first kappa shape index (κ1) is 20.0. The van der Waals surface area contributed by atoms with Gasteiger partial charge in [-0.25, -0.2) is 4.79 Å². The highest BCUT2D eigenvalue weighted by Crippen LogP contribution is 2.26. The van der Waals surface area contributed by atoms with E-state index in [1.54, 1.807) is 24.3 Å². The Morgan fingerprint density at radius 2 is 1.55 bits per heavy atom. The number of carbonyl (C=O) groups excluding carboxylic acids is 1. The number of nitrogens with one attached hydrogen (secondary N) is 1. The summed E-state index contributed by atoms with van der Waals surface area (Å²) in [6.45, 7) is 3.75. The van der Waals surface area contributed by atoms with Crippen molar-refractivity contribution in [1.29, 1.82) is 5.26 Å². The average Bonchev–Trinajstić information content (AvgIpc) is 2.73. The fourth-order valence-electron chi connectivity index (χ4n) is 2.85. The van der Waals surface area contributed by atoms with Crippen LogP contribution >= 0.6 is 0 Å². The monoisotopic (exact) mass is 386 g/mol. The van der Waals surface area contributed by atoms with Crippen LogP contribution in [0.5, 0.6) is 11.5 Å². The van der Waals surface area contributed by atoms with E-state index in [4.69, 9.17) is 9.47 Å². The van der Waals surface area contributed by atoms with E-state index in [1.165, 1.54) is 0 Å². The van der Waals surface area contributed by atoms with E-state index in [0.717, 1.165) is 5.56 Å². The molecule has 29 heavy (non-hydrogen) atoms. The molecule has 0 radical (unpaired) electrons. The van der Waals surface area contributed by atoms with Crippen LogP contribution in [0.2, 0.25) is 0 Å². The Labute approximate surface area is 170 Å². The second kappa shape index (κ2) is 8.94. The topological polar surface area (TPSA) is 71.3 Å². The number of alkyl carbamates (subject to hydrolysis) is 1. The van der Waals surface area contributed by atoms with Crippen LogP contribution in [0.1, 0.15) is 31.1 Å². The summed E-state index contributed by atoms with van der Waals surface area (Å²) in [7, 11) is 0. The number of carbonyl (C=O) groups is 1. The summed E-state index contributed by atoms with van der Waals surface area (Å²) in [5, 5.41) is 12.3. The van der Waals surface area contributed by atoms with Crippen molar-refractivity contribution in [2.24, 2.45) is 0 Å². The molecule has 0 aliphatic rings. The predicted octanol–water partition coefficient (Wildman–Crippen LogP) is 5.71. The standard InChI is InChI=1S/C24H22N2O3/c1-24(2,19-11-5-3-6-12-19)26-23(27)29-22(17-25)18-10-9-15-21(16-18)28-20-13-7-4-8-14-20/h3-16,22H,1-2H3,(H,26,27). The van der Waals surface area contributed by atoms with Crippen LogP contribution in [0.15, 0.2) is 84.9 Å². The highest BCUT2D eigenvalue weighted by atomic mass is 16.6. The number of rotatable bonds is 6. The maximum absolute atomic E-state index is 12.4. The Balaban J connectivity index is 1.69. The summed E-state index contributed by atoms with van der Waals surface area (Å²) < 4.78 is 11.2. The Morgan fingerprint density at radius 3 is 2.21 bits per heavy atom. The summed E-state index contributed by atoms with van der Waals surface area (Å²) in [5.74, 6) is 1.24. The minimum absolute atomic E-state index is 0.536. The van der Waals surface area contributed by atoms with E-state index in [-0.39, 0.29) is 0 Å². The molecule has 5 heteroatoms. The number of hydrogen-bond acceptors (Lipinski definition) is 4. The number of hydrogen-bond donors (Lipinski definition) is 1. The molecule has 1 unspecified atom stereocenters. The normalized spacial score (nSPS) is 11.8. The minimum Gasteiger partial charge on any atom is -0.457 e. The van der Waals surface area contributed by atoms with Gasteiger partial charge in [-0.05, 0) is 43.7 Å². The lowest BCUT2D eigenvalue weighted by Crippen LogP contribution is -2.41. The first-order valence-corrected chi connectivity index (χ1v) is 9.25. The molecular weight excluding hydrogens is 364 g/mol. The molecule has 146 valence electrons. The van der Waals surface area contributed by atoms with E-state index < -0.39 is 17.7 Å². The van der Waals surface area contributed by atoms with Crippen LogP contribution in [0.4, 0.5) is 4.79 Å². The van der Waals surface area contributed by atoms with Gasteiger partial charge in [0.2, 0.25) is 6.10 Å². The van der Waals surface area contributed by atoms with Gasteiger partial charge in [0.1, 0.15) is 17.6 Å². The molecule has 1 N–H and O–H groups in total. The molecule has 1 amide bonds. The molecule has 5 nitrogen and oxygen atoms in total. The number of nitrogens with zero attached hydrogens (tertiary/aromatic N) is 1. The van der Waals surface area contributed by atoms with E-state index in [1.807, 2.05) is 80.6 Å². The van der Waals surface area contributed by atoms with Gasteiger partial charge >= 0.3 is 6.09 Å². The van der Waals surface area contributed by atoms with Crippen molar-refractivity contribution in [2.45, 2.75) is 25.5 Å². The molecule has 0 fully saturated rings. The van der Waals surface area contributed by atoms with Crippen molar-refractivity contribution in [2.75, 3.05) is 0 Å². The van der Waals surface area contributed by atoms with Gasteiger partial charge in [0.05, 0.1) is 5.54 Å².